The first-order valence-electron chi connectivity index (χ1n) is 4.15. The van der Waals surface area contributed by atoms with E-state index in [0.29, 0.717) is 0 Å². The molecular weight excluding hydrogens is 136 g/mol. The molecule has 11 heavy (non-hydrogen) atoms. The minimum absolute atomic E-state index is 1.19. The van der Waals surface area contributed by atoms with E-state index in [1.807, 2.05) is 29.2 Å². The van der Waals surface area contributed by atoms with Gasteiger partial charge in [0.25, 0.3) is 0 Å². The van der Waals surface area contributed by atoms with Crippen molar-refractivity contribution in [2.24, 2.45) is 5.10 Å². The highest BCUT2D eigenvalue weighted by molar-refractivity contribution is 5.85. The van der Waals surface area contributed by atoms with Crippen molar-refractivity contribution < 1.29 is 0 Å². The maximum atomic E-state index is 4.45. The van der Waals surface area contributed by atoms with Crippen LogP contribution in [0.2, 0.25) is 0 Å². The van der Waals surface area contributed by atoms with E-state index in [-0.39, 0.29) is 0 Å². The Kier molecular flexibility index (Phi) is 1.76. The number of aromatic nitrogens is 1. The lowest BCUT2D eigenvalue weighted by Gasteiger charge is -1.94. The van der Waals surface area contributed by atoms with Crippen molar-refractivity contribution in [3.63, 3.8) is 0 Å². The molecule has 2 heteroatoms. The first kappa shape index (κ1) is 6.65. The maximum Gasteiger partial charge on any atom is 0.0388 e. The Morgan fingerprint density at radius 3 is 2.36 bits per heavy atom. The largest absolute Gasteiger partial charge is 0.248 e. The van der Waals surface area contributed by atoms with Crippen molar-refractivity contribution >= 4 is 5.71 Å². The van der Waals surface area contributed by atoms with Crippen LogP contribution in [0.4, 0.5) is 0 Å². The highest BCUT2D eigenvalue weighted by Gasteiger charge is 2.07. The molecule has 1 saturated carbocycles. The topological polar surface area (TPSA) is 17.3 Å². The lowest BCUT2D eigenvalue weighted by Crippen LogP contribution is -1.93. The summed E-state index contributed by atoms with van der Waals surface area (Å²) in [6.45, 7) is 0. The molecule has 0 radical (unpaired) electrons. The molecule has 1 heterocycles. The van der Waals surface area contributed by atoms with Crippen LogP contribution in [0.25, 0.3) is 0 Å². The third-order valence-corrected chi connectivity index (χ3v) is 2.03. The molecule has 1 fully saturated rings. The second kappa shape index (κ2) is 2.91. The average molecular weight is 148 g/mol. The van der Waals surface area contributed by atoms with Crippen molar-refractivity contribution in [1.29, 1.82) is 0 Å². The summed E-state index contributed by atoms with van der Waals surface area (Å²) in [7, 11) is 0. The van der Waals surface area contributed by atoms with Gasteiger partial charge in [0, 0.05) is 18.1 Å². The first-order chi connectivity index (χ1) is 5.45. The van der Waals surface area contributed by atoms with Gasteiger partial charge in [0.1, 0.15) is 0 Å². The Labute approximate surface area is 66.5 Å². The summed E-state index contributed by atoms with van der Waals surface area (Å²) in [5.41, 5.74) is 1.35. The standard InChI is InChI=1S/C9H12N2/c1-2-6-9(5-1)10-11-7-3-4-8-11/h3-4,7-8H,1-2,5-6H2. The number of hydrogen-bond acceptors (Lipinski definition) is 1. The summed E-state index contributed by atoms with van der Waals surface area (Å²) in [4.78, 5) is 0. The molecule has 1 aliphatic carbocycles. The Bertz CT molecular complexity index is 239. The molecule has 0 amide bonds. The second-order valence-corrected chi connectivity index (χ2v) is 2.94. The van der Waals surface area contributed by atoms with Crippen molar-refractivity contribution in [3.05, 3.63) is 24.5 Å². The van der Waals surface area contributed by atoms with E-state index in [1.54, 1.807) is 0 Å². The fraction of sp³-hybridized carbons (Fsp3) is 0.444. The molecule has 0 spiro atoms. The third-order valence-electron chi connectivity index (χ3n) is 2.03. The van der Waals surface area contributed by atoms with Crippen molar-refractivity contribution in [2.45, 2.75) is 25.7 Å². The predicted molar refractivity (Wildman–Crippen MR) is 45.7 cm³/mol. The average Bonchev–Trinajstić information content (AvgIpc) is 2.60. The molecule has 0 unspecified atom stereocenters. The molecule has 2 rings (SSSR count). The highest BCUT2D eigenvalue weighted by atomic mass is 15.3. The minimum Gasteiger partial charge on any atom is -0.248 e. The smallest absolute Gasteiger partial charge is 0.0388 e. The molecule has 0 aromatic carbocycles. The van der Waals surface area contributed by atoms with Gasteiger partial charge in [0.2, 0.25) is 0 Å². The Morgan fingerprint density at radius 1 is 1.09 bits per heavy atom. The van der Waals surface area contributed by atoms with Crippen LogP contribution in [0.1, 0.15) is 25.7 Å². The molecule has 0 bridgehead atoms. The molecule has 1 aromatic rings. The second-order valence-electron chi connectivity index (χ2n) is 2.94. The third kappa shape index (κ3) is 1.50. The van der Waals surface area contributed by atoms with Gasteiger partial charge in [0.05, 0.1) is 0 Å². The number of hydrogen-bond donors (Lipinski definition) is 0. The van der Waals surface area contributed by atoms with Gasteiger partial charge in [-0.2, -0.15) is 5.10 Å². The zero-order valence-electron chi connectivity index (χ0n) is 6.53. The van der Waals surface area contributed by atoms with Crippen LogP contribution in [0, 0.1) is 0 Å². The lowest BCUT2D eigenvalue weighted by molar-refractivity contribution is 0.877. The van der Waals surface area contributed by atoms with Gasteiger partial charge in [0.15, 0.2) is 0 Å². The van der Waals surface area contributed by atoms with E-state index >= 15 is 0 Å². The van der Waals surface area contributed by atoms with E-state index in [0.717, 1.165) is 0 Å². The fourth-order valence-corrected chi connectivity index (χ4v) is 1.44. The van der Waals surface area contributed by atoms with E-state index in [9.17, 15) is 0 Å². The number of nitrogens with zero attached hydrogens (tertiary/aromatic N) is 2. The maximum absolute atomic E-state index is 4.45. The number of rotatable bonds is 1. The van der Waals surface area contributed by atoms with Gasteiger partial charge in [-0.05, 0) is 37.8 Å². The SMILES string of the molecule is c1ccn(N=C2CCCC2)c1. The van der Waals surface area contributed by atoms with E-state index in [1.165, 1.54) is 31.4 Å². The van der Waals surface area contributed by atoms with E-state index < -0.39 is 0 Å². The van der Waals surface area contributed by atoms with E-state index in [4.69, 9.17) is 0 Å². The molecular formula is C9H12N2. The van der Waals surface area contributed by atoms with E-state index in [2.05, 4.69) is 5.10 Å². The molecule has 58 valence electrons. The highest BCUT2D eigenvalue weighted by Crippen LogP contribution is 2.14. The Balaban J connectivity index is 2.13. The zero-order valence-corrected chi connectivity index (χ0v) is 6.53. The summed E-state index contributed by atoms with van der Waals surface area (Å²) in [6, 6.07) is 4.00. The summed E-state index contributed by atoms with van der Waals surface area (Å²) < 4.78 is 1.89. The van der Waals surface area contributed by atoms with Crippen LogP contribution in [-0.4, -0.2) is 10.4 Å². The van der Waals surface area contributed by atoms with Crippen LogP contribution in [0.15, 0.2) is 29.6 Å². The molecule has 0 aliphatic heterocycles. The monoisotopic (exact) mass is 148 g/mol. The summed E-state index contributed by atoms with van der Waals surface area (Å²) in [5, 5.41) is 4.45. The van der Waals surface area contributed by atoms with Gasteiger partial charge in [-0.25, -0.2) is 4.68 Å². The Morgan fingerprint density at radius 2 is 1.73 bits per heavy atom. The van der Waals surface area contributed by atoms with Gasteiger partial charge in [-0.3, -0.25) is 0 Å². The van der Waals surface area contributed by atoms with Crippen molar-refractivity contribution in [2.75, 3.05) is 0 Å². The van der Waals surface area contributed by atoms with Gasteiger partial charge in [-0.15, -0.1) is 0 Å². The molecule has 1 aliphatic rings. The van der Waals surface area contributed by atoms with Crippen LogP contribution in [0.5, 0.6) is 0 Å². The summed E-state index contributed by atoms with van der Waals surface area (Å²) in [5.74, 6) is 0. The molecule has 0 saturated heterocycles. The molecule has 0 atom stereocenters. The van der Waals surface area contributed by atoms with Crippen LogP contribution in [0.3, 0.4) is 0 Å². The van der Waals surface area contributed by atoms with Gasteiger partial charge < -0.3 is 0 Å². The fourth-order valence-electron chi connectivity index (χ4n) is 1.44. The molecule has 1 aromatic heterocycles. The quantitative estimate of drug-likeness (QED) is 0.581. The molecule has 2 nitrogen and oxygen atoms in total. The summed E-state index contributed by atoms with van der Waals surface area (Å²) >= 11 is 0. The van der Waals surface area contributed by atoms with Crippen LogP contribution >= 0.6 is 0 Å². The summed E-state index contributed by atoms with van der Waals surface area (Å²) in [6.07, 6.45) is 8.98. The molecule has 0 N–H and O–H groups in total. The first-order valence-corrected chi connectivity index (χ1v) is 4.15. The zero-order chi connectivity index (χ0) is 7.52. The normalized spacial score (nSPS) is 17.3. The van der Waals surface area contributed by atoms with Crippen LogP contribution < -0.4 is 0 Å². The Hall–Kier alpha value is -1.05. The lowest BCUT2D eigenvalue weighted by atomic mass is 10.3. The van der Waals surface area contributed by atoms with Crippen molar-refractivity contribution in [1.82, 2.24) is 4.68 Å². The van der Waals surface area contributed by atoms with Gasteiger partial charge in [-0.1, -0.05) is 0 Å². The minimum atomic E-state index is 1.19. The van der Waals surface area contributed by atoms with Crippen molar-refractivity contribution in [3.8, 4) is 0 Å². The van der Waals surface area contributed by atoms with Crippen LogP contribution in [-0.2, 0) is 0 Å². The van der Waals surface area contributed by atoms with Gasteiger partial charge >= 0.3 is 0 Å². The predicted octanol–water partition coefficient (Wildman–Crippen LogP) is 2.27.